The van der Waals surface area contributed by atoms with Crippen LogP contribution in [0.2, 0.25) is 0 Å². The minimum absolute atomic E-state index is 0.0290. The third-order valence-electron chi connectivity index (χ3n) is 21.6. The van der Waals surface area contributed by atoms with Crippen molar-refractivity contribution < 1.29 is 0 Å². The number of hydrogen-bond donors (Lipinski definition) is 0. The van der Waals surface area contributed by atoms with E-state index >= 15 is 0 Å². The van der Waals surface area contributed by atoms with Crippen molar-refractivity contribution in [1.82, 2.24) is 4.57 Å². The van der Waals surface area contributed by atoms with Gasteiger partial charge in [-0.2, -0.15) is 0 Å². The van der Waals surface area contributed by atoms with Crippen molar-refractivity contribution >= 4 is 104 Å². The summed E-state index contributed by atoms with van der Waals surface area (Å²) in [5, 5.41) is 11.0. The fraction of sp³-hybridized carbons (Fsp3) is 0.286. The summed E-state index contributed by atoms with van der Waals surface area (Å²) in [6.45, 7) is -0.0290. The quantitative estimate of drug-likeness (QED) is 0.160. The first-order chi connectivity index (χ1) is 36.5. The van der Waals surface area contributed by atoms with E-state index < -0.39 is 0 Å². The number of thiophene rings is 1. The molecule has 0 saturated heterocycles. The predicted molar refractivity (Wildman–Crippen MR) is 313 cm³/mol. The first-order valence-corrected chi connectivity index (χ1v) is 29.3. The SMILES string of the molecule is c1ccc(-c2ccc(N3B4c5c(cc6ccccc6c5-c5cc6sc7cc8ccccc8cc7c6cc53)-n3c5ccc(C67CC8CC(CC(C8)C6)C7)cc5c5cc(C67CC8CC(CC(C8)C6)C7)cc4c53)cc2)cc1. The summed E-state index contributed by atoms with van der Waals surface area (Å²) in [6, 6.07) is 65.3. The van der Waals surface area contributed by atoms with Crippen molar-refractivity contribution in [2.75, 3.05) is 4.81 Å². The van der Waals surface area contributed by atoms with Gasteiger partial charge >= 0.3 is 6.85 Å². The van der Waals surface area contributed by atoms with Gasteiger partial charge in [0.1, 0.15) is 0 Å². The molecule has 0 N–H and O–H groups in total. The van der Waals surface area contributed by atoms with Crippen LogP contribution in [0.25, 0.3) is 91.5 Å². The molecule has 4 heterocycles. The van der Waals surface area contributed by atoms with Crippen LogP contribution in [0.15, 0.2) is 164 Å². The van der Waals surface area contributed by atoms with Crippen molar-refractivity contribution in [3.8, 4) is 27.9 Å². The maximum absolute atomic E-state index is 2.83. The van der Waals surface area contributed by atoms with Crippen molar-refractivity contribution in [2.45, 2.75) is 87.9 Å². The molecule has 8 saturated carbocycles. The van der Waals surface area contributed by atoms with Crippen molar-refractivity contribution in [1.29, 1.82) is 0 Å². The minimum Gasteiger partial charge on any atom is -0.376 e. The third kappa shape index (κ3) is 5.38. The second-order valence-electron chi connectivity index (χ2n) is 25.7. The average molecular weight is 969 g/mol. The molecule has 2 nitrogen and oxygen atoms in total. The molecule has 2 aliphatic heterocycles. The molecule has 0 unspecified atom stereocenters. The molecular weight excluding hydrogens is 912 g/mol. The molecule has 10 aliphatic rings. The molecule has 0 radical (unpaired) electrons. The Morgan fingerprint density at radius 2 is 1.01 bits per heavy atom. The van der Waals surface area contributed by atoms with Crippen LogP contribution in [0, 0.1) is 35.5 Å². The monoisotopic (exact) mass is 968 g/mol. The Morgan fingerprint density at radius 3 is 1.72 bits per heavy atom. The van der Waals surface area contributed by atoms with Crippen molar-refractivity contribution in [3.63, 3.8) is 0 Å². The lowest BCUT2D eigenvalue weighted by Crippen LogP contribution is -2.61. The Kier molecular flexibility index (Phi) is 7.81. The second kappa shape index (κ2) is 14.2. The van der Waals surface area contributed by atoms with Crippen LogP contribution in [0.1, 0.15) is 88.2 Å². The molecule has 11 aromatic rings. The highest BCUT2D eigenvalue weighted by atomic mass is 32.1. The summed E-state index contributed by atoms with van der Waals surface area (Å²) < 4.78 is 5.51. The molecule has 0 atom stereocenters. The lowest BCUT2D eigenvalue weighted by molar-refractivity contribution is -0.00526. The fourth-order valence-electron chi connectivity index (χ4n) is 19.5. The highest BCUT2D eigenvalue weighted by molar-refractivity contribution is 7.26. The smallest absolute Gasteiger partial charge is 0.333 e. The van der Waals surface area contributed by atoms with Gasteiger partial charge in [-0.1, -0.05) is 103 Å². The number of aromatic nitrogens is 1. The summed E-state index contributed by atoms with van der Waals surface area (Å²) in [6.07, 6.45) is 17.1. The summed E-state index contributed by atoms with van der Waals surface area (Å²) in [5.74, 6) is 5.36. The maximum Gasteiger partial charge on any atom is 0.333 e. The van der Waals surface area contributed by atoms with Gasteiger partial charge in [0.2, 0.25) is 0 Å². The standard InChI is InChI=1S/C70H57BN2S/c1-2-8-46(9-3-1)47-14-17-53(18-15-47)73-62-32-57-56-26-48-10-4-5-11-49(48)28-64(56)74-65(57)33-59(62)66-54-13-7-6-12-50(54)27-63-67(66)71(73)60-31-52(70-37-43-23-44(38-70)25-45(24-43)39-70)30-58-55-29-51(16-19-61(55)72(63)68(58)60)69-34-40-20-41(35-69)22-42(21-40)36-69/h1-19,26-33,40-45H,20-25,34-39H2. The van der Waals surface area contributed by atoms with E-state index in [0.717, 1.165) is 35.5 Å². The molecule has 0 spiro atoms. The fourth-order valence-corrected chi connectivity index (χ4v) is 20.7. The molecule has 8 aliphatic carbocycles. The van der Waals surface area contributed by atoms with E-state index in [1.165, 1.54) is 191 Å². The molecule has 8 fully saturated rings. The van der Waals surface area contributed by atoms with Gasteiger partial charge in [0, 0.05) is 53.6 Å². The molecule has 74 heavy (non-hydrogen) atoms. The van der Waals surface area contributed by atoms with Crippen LogP contribution in [0.5, 0.6) is 0 Å². The zero-order chi connectivity index (χ0) is 47.8. The van der Waals surface area contributed by atoms with Crippen LogP contribution in [0.4, 0.5) is 11.4 Å². The summed E-state index contributed by atoms with van der Waals surface area (Å²) in [7, 11) is 0. The van der Waals surface area contributed by atoms with E-state index in [1.807, 2.05) is 11.3 Å². The molecule has 9 aromatic carbocycles. The third-order valence-corrected chi connectivity index (χ3v) is 22.7. The number of benzene rings is 9. The molecular formula is C70H57BN2S. The number of fused-ring (bicyclic) bond motifs is 13. The molecule has 21 rings (SSSR count). The summed E-state index contributed by atoms with van der Waals surface area (Å²) in [4.78, 5) is 2.83. The van der Waals surface area contributed by atoms with Gasteiger partial charge in [-0.15, -0.1) is 11.3 Å². The van der Waals surface area contributed by atoms with Gasteiger partial charge < -0.3 is 9.38 Å². The van der Waals surface area contributed by atoms with E-state index in [2.05, 4.69) is 173 Å². The van der Waals surface area contributed by atoms with Gasteiger partial charge in [-0.05, 0) is 244 Å². The average Bonchev–Trinajstić information content (AvgIpc) is 4.03. The number of nitrogens with zero attached hydrogens (tertiary/aromatic N) is 2. The van der Waals surface area contributed by atoms with E-state index in [0.29, 0.717) is 5.41 Å². The highest BCUT2D eigenvalue weighted by Gasteiger charge is 2.54. The first kappa shape index (κ1) is 40.7. The van der Waals surface area contributed by atoms with Crippen LogP contribution >= 0.6 is 11.3 Å². The molecule has 8 bridgehead atoms. The van der Waals surface area contributed by atoms with Gasteiger partial charge in [-0.3, -0.25) is 0 Å². The zero-order valence-corrected chi connectivity index (χ0v) is 42.7. The summed E-state index contributed by atoms with van der Waals surface area (Å²) in [5.41, 5.74) is 18.9. The number of rotatable bonds is 4. The van der Waals surface area contributed by atoms with E-state index in [4.69, 9.17) is 0 Å². The topological polar surface area (TPSA) is 8.17 Å². The Morgan fingerprint density at radius 1 is 0.432 bits per heavy atom. The van der Waals surface area contributed by atoms with Crippen LogP contribution < -0.4 is 15.7 Å². The molecule has 2 aromatic heterocycles. The zero-order valence-electron chi connectivity index (χ0n) is 41.9. The Balaban J connectivity index is 0.937. The summed E-state index contributed by atoms with van der Waals surface area (Å²) >= 11 is 1.96. The minimum atomic E-state index is -0.0290. The lowest BCUT2D eigenvalue weighted by Gasteiger charge is -2.57. The molecule has 0 amide bonds. The van der Waals surface area contributed by atoms with E-state index in [-0.39, 0.29) is 12.3 Å². The highest BCUT2D eigenvalue weighted by Crippen LogP contribution is 2.63. The van der Waals surface area contributed by atoms with Crippen LogP contribution in [-0.4, -0.2) is 11.4 Å². The molecule has 356 valence electrons. The second-order valence-corrected chi connectivity index (χ2v) is 26.8. The van der Waals surface area contributed by atoms with E-state index in [1.54, 1.807) is 11.1 Å². The number of hydrogen-bond acceptors (Lipinski definition) is 2. The van der Waals surface area contributed by atoms with Crippen LogP contribution in [-0.2, 0) is 10.8 Å². The van der Waals surface area contributed by atoms with Gasteiger partial charge in [0.15, 0.2) is 0 Å². The van der Waals surface area contributed by atoms with Gasteiger partial charge in [-0.25, -0.2) is 0 Å². The predicted octanol–water partition coefficient (Wildman–Crippen LogP) is 17.3. The molecule has 4 heteroatoms. The first-order valence-electron chi connectivity index (χ1n) is 28.5. The number of anilines is 2. The lowest BCUT2D eigenvalue weighted by atomic mass is 9.42. The largest absolute Gasteiger partial charge is 0.376 e. The van der Waals surface area contributed by atoms with Gasteiger partial charge in [0.25, 0.3) is 0 Å². The normalized spacial score (nSPS) is 27.7. The Labute approximate surface area is 437 Å². The van der Waals surface area contributed by atoms with Gasteiger partial charge in [0.05, 0.1) is 11.0 Å². The van der Waals surface area contributed by atoms with Crippen molar-refractivity contribution in [2.24, 2.45) is 35.5 Å². The van der Waals surface area contributed by atoms with E-state index in [9.17, 15) is 0 Å². The van der Waals surface area contributed by atoms with Crippen molar-refractivity contribution in [3.05, 3.63) is 175 Å². The Hall–Kier alpha value is -6.62. The maximum atomic E-state index is 2.83. The van der Waals surface area contributed by atoms with Crippen LogP contribution in [0.3, 0.4) is 0 Å². The Bertz CT molecular complexity index is 4220.